The Morgan fingerprint density at radius 1 is 0.897 bits per heavy atom. The van der Waals surface area contributed by atoms with Crippen molar-refractivity contribution in [2.24, 2.45) is 0 Å². The van der Waals surface area contributed by atoms with E-state index in [0.717, 1.165) is 45.0 Å². The highest BCUT2D eigenvalue weighted by molar-refractivity contribution is 5.28. The van der Waals surface area contributed by atoms with Crippen molar-refractivity contribution in [3.05, 3.63) is 89.2 Å². The molecule has 0 spiro atoms. The molecule has 0 aliphatic carbocycles. The van der Waals surface area contributed by atoms with Gasteiger partial charge in [0.2, 0.25) is 0 Å². The third-order valence-corrected chi connectivity index (χ3v) is 5.15. The smallest absolute Gasteiger partial charge is 0.119 e. The van der Waals surface area contributed by atoms with Gasteiger partial charge in [0.25, 0.3) is 0 Å². The molecule has 0 fully saturated rings. The van der Waals surface area contributed by atoms with Gasteiger partial charge in [-0.3, -0.25) is 4.90 Å². The van der Waals surface area contributed by atoms with E-state index in [1.165, 1.54) is 22.4 Å². The molecule has 3 rings (SSSR count). The first-order valence-corrected chi connectivity index (χ1v) is 10.2. The van der Waals surface area contributed by atoms with Gasteiger partial charge in [0.05, 0.1) is 7.11 Å². The van der Waals surface area contributed by atoms with Crippen LogP contribution in [-0.4, -0.2) is 36.8 Å². The molecule has 1 aromatic heterocycles. The van der Waals surface area contributed by atoms with Crippen molar-refractivity contribution in [1.82, 2.24) is 9.47 Å². The van der Waals surface area contributed by atoms with E-state index in [9.17, 15) is 0 Å². The lowest BCUT2D eigenvalue weighted by Crippen LogP contribution is -2.26. The number of methoxy groups -OCH3 is 2. The Labute approximate surface area is 174 Å². The van der Waals surface area contributed by atoms with Gasteiger partial charge in [0.1, 0.15) is 5.75 Å². The summed E-state index contributed by atoms with van der Waals surface area (Å²) in [6.07, 6.45) is 3.19. The maximum absolute atomic E-state index is 5.39. The summed E-state index contributed by atoms with van der Waals surface area (Å²) in [5.41, 5.74) is 5.21. The van der Waals surface area contributed by atoms with E-state index in [1.54, 1.807) is 14.2 Å². The molecule has 0 saturated carbocycles. The minimum Gasteiger partial charge on any atom is -0.497 e. The molecule has 0 amide bonds. The average Bonchev–Trinajstić information content (AvgIpc) is 3.16. The lowest BCUT2D eigenvalue weighted by atomic mass is 10.1. The topological polar surface area (TPSA) is 26.6 Å². The van der Waals surface area contributed by atoms with Crippen LogP contribution in [0.1, 0.15) is 28.8 Å². The molecule has 0 saturated heterocycles. The highest BCUT2D eigenvalue weighted by Crippen LogP contribution is 2.17. The Bertz CT molecular complexity index is 871. The summed E-state index contributed by atoms with van der Waals surface area (Å²) < 4.78 is 13.0. The van der Waals surface area contributed by atoms with Gasteiger partial charge in [-0.2, -0.15) is 0 Å². The van der Waals surface area contributed by atoms with E-state index in [-0.39, 0.29) is 0 Å². The van der Waals surface area contributed by atoms with E-state index < -0.39 is 0 Å². The first kappa shape index (κ1) is 21.2. The Morgan fingerprint density at radius 3 is 2.48 bits per heavy atom. The molecule has 0 bridgehead atoms. The Hall–Kier alpha value is -2.56. The largest absolute Gasteiger partial charge is 0.497 e. The first-order valence-electron chi connectivity index (χ1n) is 10.2. The van der Waals surface area contributed by atoms with Gasteiger partial charge >= 0.3 is 0 Å². The van der Waals surface area contributed by atoms with Crippen LogP contribution in [-0.2, 0) is 24.4 Å². The fraction of sp³-hybridized carbons (Fsp3) is 0.360. The average molecular weight is 393 g/mol. The third-order valence-electron chi connectivity index (χ3n) is 5.15. The molecule has 154 valence electrons. The van der Waals surface area contributed by atoms with Gasteiger partial charge in [-0.1, -0.05) is 42.0 Å². The van der Waals surface area contributed by atoms with E-state index in [4.69, 9.17) is 9.47 Å². The quantitative estimate of drug-likeness (QED) is 0.435. The third kappa shape index (κ3) is 6.48. The number of benzene rings is 2. The van der Waals surface area contributed by atoms with Crippen molar-refractivity contribution in [1.29, 1.82) is 0 Å². The van der Waals surface area contributed by atoms with Crippen molar-refractivity contribution >= 4 is 0 Å². The molecule has 3 aromatic rings. The van der Waals surface area contributed by atoms with Crippen LogP contribution in [0.4, 0.5) is 0 Å². The number of hydrogen-bond donors (Lipinski definition) is 0. The fourth-order valence-corrected chi connectivity index (χ4v) is 3.54. The summed E-state index contributed by atoms with van der Waals surface area (Å²) in [6, 6.07) is 21.5. The molecule has 0 radical (unpaired) electrons. The molecule has 4 nitrogen and oxygen atoms in total. The zero-order valence-electron chi connectivity index (χ0n) is 17.8. The number of aryl methyl sites for hydroxylation is 1. The normalized spacial score (nSPS) is 11.2. The van der Waals surface area contributed by atoms with E-state index >= 15 is 0 Å². The summed E-state index contributed by atoms with van der Waals surface area (Å²) in [6.45, 7) is 6.57. The van der Waals surface area contributed by atoms with Crippen LogP contribution >= 0.6 is 0 Å². The second kappa shape index (κ2) is 10.8. The summed E-state index contributed by atoms with van der Waals surface area (Å²) >= 11 is 0. The second-order valence-electron chi connectivity index (χ2n) is 7.52. The maximum Gasteiger partial charge on any atom is 0.119 e. The zero-order valence-corrected chi connectivity index (χ0v) is 17.8. The fourth-order valence-electron chi connectivity index (χ4n) is 3.54. The Kier molecular flexibility index (Phi) is 7.91. The van der Waals surface area contributed by atoms with Crippen LogP contribution in [0.25, 0.3) is 0 Å². The Balaban J connectivity index is 1.71. The molecule has 1 heterocycles. The summed E-state index contributed by atoms with van der Waals surface area (Å²) in [4.78, 5) is 2.48. The van der Waals surface area contributed by atoms with E-state index in [2.05, 4.69) is 77.2 Å². The van der Waals surface area contributed by atoms with Crippen molar-refractivity contribution in [3.8, 4) is 5.75 Å². The molecule has 0 aliphatic heterocycles. The van der Waals surface area contributed by atoms with Gasteiger partial charge < -0.3 is 14.0 Å². The van der Waals surface area contributed by atoms with Crippen molar-refractivity contribution in [2.45, 2.75) is 33.0 Å². The highest BCUT2D eigenvalue weighted by Gasteiger charge is 2.11. The minimum absolute atomic E-state index is 0.777. The number of aromatic nitrogens is 1. The van der Waals surface area contributed by atoms with Gasteiger partial charge in [0, 0.05) is 51.8 Å². The van der Waals surface area contributed by atoms with Crippen LogP contribution in [0.5, 0.6) is 5.75 Å². The van der Waals surface area contributed by atoms with Gasteiger partial charge in [-0.15, -0.1) is 0 Å². The van der Waals surface area contributed by atoms with E-state index in [0.29, 0.717) is 0 Å². The van der Waals surface area contributed by atoms with Crippen LogP contribution in [0.3, 0.4) is 0 Å². The number of nitrogens with zero attached hydrogens (tertiary/aromatic N) is 2. The highest BCUT2D eigenvalue weighted by atomic mass is 16.5. The summed E-state index contributed by atoms with van der Waals surface area (Å²) in [5.74, 6) is 0.905. The first-order chi connectivity index (χ1) is 14.2. The maximum atomic E-state index is 5.39. The van der Waals surface area contributed by atoms with Gasteiger partial charge in [0.15, 0.2) is 0 Å². The zero-order chi connectivity index (χ0) is 20.5. The lowest BCUT2D eigenvalue weighted by molar-refractivity contribution is 0.165. The number of ether oxygens (including phenoxy) is 2. The monoisotopic (exact) mass is 392 g/mol. The summed E-state index contributed by atoms with van der Waals surface area (Å²) in [5, 5.41) is 0. The van der Waals surface area contributed by atoms with Crippen LogP contribution in [0.2, 0.25) is 0 Å². The minimum atomic E-state index is 0.777. The number of hydrogen-bond acceptors (Lipinski definition) is 3. The Morgan fingerprint density at radius 2 is 1.72 bits per heavy atom. The van der Waals surface area contributed by atoms with Crippen LogP contribution in [0, 0.1) is 6.92 Å². The molecule has 29 heavy (non-hydrogen) atoms. The van der Waals surface area contributed by atoms with E-state index in [1.807, 2.05) is 6.07 Å². The van der Waals surface area contributed by atoms with Crippen LogP contribution in [0.15, 0.2) is 66.9 Å². The van der Waals surface area contributed by atoms with Crippen molar-refractivity contribution < 1.29 is 9.47 Å². The van der Waals surface area contributed by atoms with Gasteiger partial charge in [-0.05, 0) is 48.7 Å². The predicted molar refractivity (Wildman–Crippen MR) is 118 cm³/mol. The second-order valence-corrected chi connectivity index (χ2v) is 7.52. The number of rotatable bonds is 11. The molecule has 0 atom stereocenters. The van der Waals surface area contributed by atoms with Crippen molar-refractivity contribution in [2.75, 3.05) is 27.4 Å². The molecule has 2 aromatic carbocycles. The van der Waals surface area contributed by atoms with Crippen molar-refractivity contribution in [3.63, 3.8) is 0 Å². The van der Waals surface area contributed by atoms with Crippen LogP contribution < -0.4 is 4.74 Å². The predicted octanol–water partition coefficient (Wildman–Crippen LogP) is 4.89. The van der Waals surface area contributed by atoms with Gasteiger partial charge in [-0.25, -0.2) is 0 Å². The standard InChI is InChI=1S/C25H32N2O2/c1-21-10-12-22(13-11-21)19-27-15-5-8-24(27)20-26(14-6-16-28-2)18-23-7-4-9-25(17-23)29-3/h4-5,7-13,15,17H,6,14,16,18-20H2,1-3H3. The molecule has 0 unspecified atom stereocenters. The SMILES string of the molecule is COCCCN(Cc1cccc(OC)c1)Cc1cccn1Cc1ccc(C)cc1. The molecular formula is C25H32N2O2. The molecular weight excluding hydrogens is 360 g/mol. The molecule has 0 N–H and O–H groups in total. The molecule has 0 aliphatic rings. The summed E-state index contributed by atoms with van der Waals surface area (Å²) in [7, 11) is 3.48. The lowest BCUT2D eigenvalue weighted by Gasteiger charge is -2.23. The molecule has 4 heteroatoms.